The zero-order valence-corrected chi connectivity index (χ0v) is 22.7. The Labute approximate surface area is 238 Å². The highest BCUT2D eigenvalue weighted by atomic mass is 35.5. The standard InChI is InChI=1S/C28H23ClFN3O6S/c1-2-38-21-10-8-20(9-11-21)31-25(34)15-33-27(36)24(40-28(33)37)14-17-3-12-23(22(29)13-17)39-16-26(35)32-19-6-4-18(30)5-7-19/h3-14H,2,15-16H2,1H3,(H,31,34)(H,32,35)/b24-14+. The van der Waals surface area contributed by atoms with Gasteiger partial charge in [0, 0.05) is 11.4 Å². The summed E-state index contributed by atoms with van der Waals surface area (Å²) in [5.74, 6) is -1.13. The van der Waals surface area contributed by atoms with Crippen LogP contribution in [0.5, 0.6) is 11.5 Å². The Balaban J connectivity index is 1.32. The molecule has 0 radical (unpaired) electrons. The molecular formula is C28H23ClFN3O6S. The fourth-order valence-corrected chi connectivity index (χ4v) is 4.61. The fraction of sp³-hybridized carbons (Fsp3) is 0.143. The first-order valence-electron chi connectivity index (χ1n) is 12.0. The second kappa shape index (κ2) is 13.1. The van der Waals surface area contributed by atoms with Crippen LogP contribution in [0.1, 0.15) is 12.5 Å². The van der Waals surface area contributed by atoms with Crippen molar-refractivity contribution in [2.75, 3.05) is 30.4 Å². The molecule has 3 aromatic rings. The van der Waals surface area contributed by atoms with Gasteiger partial charge >= 0.3 is 0 Å². The van der Waals surface area contributed by atoms with Crippen LogP contribution in [0.25, 0.3) is 6.08 Å². The Morgan fingerprint density at radius 1 is 0.950 bits per heavy atom. The zero-order chi connectivity index (χ0) is 28.6. The van der Waals surface area contributed by atoms with E-state index >= 15 is 0 Å². The fourth-order valence-electron chi connectivity index (χ4n) is 3.53. The lowest BCUT2D eigenvalue weighted by molar-refractivity contribution is -0.127. The van der Waals surface area contributed by atoms with Gasteiger partial charge in [0.15, 0.2) is 6.61 Å². The number of halogens is 2. The summed E-state index contributed by atoms with van der Waals surface area (Å²) in [7, 11) is 0. The molecule has 1 heterocycles. The van der Waals surface area contributed by atoms with Crippen LogP contribution < -0.4 is 20.1 Å². The maximum Gasteiger partial charge on any atom is 0.294 e. The number of imide groups is 1. The van der Waals surface area contributed by atoms with Crippen LogP contribution in [0.15, 0.2) is 71.6 Å². The summed E-state index contributed by atoms with van der Waals surface area (Å²) in [6, 6.07) is 16.6. The summed E-state index contributed by atoms with van der Waals surface area (Å²) in [5.41, 5.74) is 1.43. The minimum Gasteiger partial charge on any atom is -0.494 e. The monoisotopic (exact) mass is 583 g/mol. The van der Waals surface area contributed by atoms with Gasteiger partial charge < -0.3 is 20.1 Å². The molecule has 1 aliphatic heterocycles. The highest BCUT2D eigenvalue weighted by Gasteiger charge is 2.36. The largest absolute Gasteiger partial charge is 0.494 e. The van der Waals surface area contributed by atoms with Crippen LogP contribution in [0.3, 0.4) is 0 Å². The van der Waals surface area contributed by atoms with Crippen molar-refractivity contribution in [3.8, 4) is 11.5 Å². The summed E-state index contributed by atoms with van der Waals surface area (Å²) in [5, 5.41) is 4.83. The number of anilines is 2. The number of ether oxygens (including phenoxy) is 2. The van der Waals surface area contributed by atoms with Gasteiger partial charge in [-0.2, -0.15) is 0 Å². The van der Waals surface area contributed by atoms with Gasteiger partial charge in [0.25, 0.3) is 17.1 Å². The van der Waals surface area contributed by atoms with Gasteiger partial charge in [-0.25, -0.2) is 4.39 Å². The van der Waals surface area contributed by atoms with Crippen molar-refractivity contribution in [1.82, 2.24) is 4.90 Å². The third-order valence-corrected chi connectivity index (χ3v) is 6.57. The number of amides is 4. The van der Waals surface area contributed by atoms with Crippen molar-refractivity contribution in [1.29, 1.82) is 0 Å². The maximum atomic E-state index is 13.0. The molecule has 206 valence electrons. The smallest absolute Gasteiger partial charge is 0.294 e. The van der Waals surface area contributed by atoms with Gasteiger partial charge in [-0.15, -0.1) is 0 Å². The Morgan fingerprint density at radius 2 is 1.60 bits per heavy atom. The molecule has 0 spiro atoms. The van der Waals surface area contributed by atoms with E-state index in [9.17, 15) is 23.6 Å². The molecule has 12 heteroatoms. The highest BCUT2D eigenvalue weighted by Crippen LogP contribution is 2.34. The predicted molar refractivity (Wildman–Crippen MR) is 151 cm³/mol. The Kier molecular flexibility index (Phi) is 9.41. The summed E-state index contributed by atoms with van der Waals surface area (Å²) >= 11 is 6.99. The topological polar surface area (TPSA) is 114 Å². The Bertz CT molecular complexity index is 1460. The van der Waals surface area contributed by atoms with Crippen LogP contribution >= 0.6 is 23.4 Å². The molecule has 40 heavy (non-hydrogen) atoms. The number of nitrogens with zero attached hydrogens (tertiary/aromatic N) is 1. The third-order valence-electron chi connectivity index (χ3n) is 5.36. The van der Waals surface area contributed by atoms with E-state index in [2.05, 4.69) is 10.6 Å². The van der Waals surface area contributed by atoms with Gasteiger partial charge in [-0.3, -0.25) is 24.1 Å². The molecule has 1 aliphatic rings. The molecule has 0 unspecified atom stereocenters. The lowest BCUT2D eigenvalue weighted by Gasteiger charge is -2.13. The summed E-state index contributed by atoms with van der Waals surface area (Å²) in [6.07, 6.45) is 1.48. The number of benzene rings is 3. The third kappa shape index (κ3) is 7.61. The highest BCUT2D eigenvalue weighted by molar-refractivity contribution is 8.18. The average Bonchev–Trinajstić information content (AvgIpc) is 3.18. The number of carbonyl (C=O) groups is 4. The SMILES string of the molecule is CCOc1ccc(NC(=O)CN2C(=O)S/C(=C/c3ccc(OCC(=O)Nc4ccc(F)cc4)c(Cl)c3)C2=O)cc1. The van der Waals surface area contributed by atoms with Crippen LogP contribution in [0.4, 0.5) is 20.6 Å². The van der Waals surface area contributed by atoms with Crippen LogP contribution in [0.2, 0.25) is 5.02 Å². The van der Waals surface area contributed by atoms with E-state index in [1.165, 1.54) is 42.5 Å². The number of hydrogen-bond donors (Lipinski definition) is 2. The second-order valence-electron chi connectivity index (χ2n) is 8.31. The molecule has 9 nitrogen and oxygen atoms in total. The number of carbonyl (C=O) groups excluding carboxylic acids is 4. The van der Waals surface area contributed by atoms with E-state index in [1.807, 2.05) is 6.92 Å². The summed E-state index contributed by atoms with van der Waals surface area (Å²) in [6.45, 7) is 1.60. The molecule has 0 saturated carbocycles. The second-order valence-corrected chi connectivity index (χ2v) is 9.71. The van der Waals surface area contributed by atoms with E-state index in [1.54, 1.807) is 30.3 Å². The molecule has 4 rings (SSSR count). The van der Waals surface area contributed by atoms with Crippen molar-refractivity contribution in [3.05, 3.63) is 88.0 Å². The number of hydrogen-bond acceptors (Lipinski definition) is 7. The van der Waals surface area contributed by atoms with E-state index in [0.29, 0.717) is 41.1 Å². The molecule has 0 bridgehead atoms. The molecule has 0 aliphatic carbocycles. The molecule has 0 aromatic heterocycles. The first kappa shape index (κ1) is 28.7. The van der Waals surface area contributed by atoms with Gasteiger partial charge in [-0.05, 0) is 91.0 Å². The first-order valence-corrected chi connectivity index (χ1v) is 13.2. The van der Waals surface area contributed by atoms with Crippen molar-refractivity contribution < 1.29 is 33.0 Å². The zero-order valence-electron chi connectivity index (χ0n) is 21.1. The van der Waals surface area contributed by atoms with Gasteiger partial charge in [-0.1, -0.05) is 17.7 Å². The first-order chi connectivity index (χ1) is 19.2. The van der Waals surface area contributed by atoms with Crippen molar-refractivity contribution in [2.24, 2.45) is 0 Å². The van der Waals surface area contributed by atoms with Gasteiger partial charge in [0.1, 0.15) is 23.9 Å². The average molecular weight is 584 g/mol. The lowest BCUT2D eigenvalue weighted by Crippen LogP contribution is -2.36. The lowest BCUT2D eigenvalue weighted by atomic mass is 10.2. The van der Waals surface area contributed by atoms with Crippen molar-refractivity contribution >= 4 is 63.8 Å². The normalized spacial score (nSPS) is 13.9. The minimum atomic E-state index is -0.606. The Hall–Kier alpha value is -4.35. The molecular weight excluding hydrogens is 561 g/mol. The van der Waals surface area contributed by atoms with Gasteiger partial charge in [0.05, 0.1) is 16.5 Å². The molecule has 0 atom stereocenters. The van der Waals surface area contributed by atoms with Gasteiger partial charge in [0.2, 0.25) is 5.91 Å². The molecule has 1 fully saturated rings. The predicted octanol–water partition coefficient (Wildman–Crippen LogP) is 5.57. The van der Waals surface area contributed by atoms with E-state index in [0.717, 1.165) is 4.90 Å². The van der Waals surface area contributed by atoms with Crippen LogP contribution in [-0.4, -0.2) is 47.6 Å². The Morgan fingerprint density at radius 3 is 2.25 bits per heavy atom. The number of nitrogens with one attached hydrogen (secondary N) is 2. The summed E-state index contributed by atoms with van der Waals surface area (Å²) < 4.78 is 23.8. The van der Waals surface area contributed by atoms with E-state index in [4.69, 9.17) is 21.1 Å². The quantitative estimate of drug-likeness (QED) is 0.300. The van der Waals surface area contributed by atoms with Crippen LogP contribution in [-0.2, 0) is 14.4 Å². The molecule has 2 N–H and O–H groups in total. The van der Waals surface area contributed by atoms with Crippen molar-refractivity contribution in [3.63, 3.8) is 0 Å². The number of thioether (sulfide) groups is 1. The molecule has 1 saturated heterocycles. The van der Waals surface area contributed by atoms with E-state index in [-0.39, 0.29) is 22.3 Å². The molecule has 3 aromatic carbocycles. The minimum absolute atomic E-state index is 0.127. The maximum absolute atomic E-state index is 13.0. The number of rotatable bonds is 10. The van der Waals surface area contributed by atoms with Crippen LogP contribution in [0, 0.1) is 5.82 Å². The van der Waals surface area contributed by atoms with Crippen molar-refractivity contribution in [2.45, 2.75) is 6.92 Å². The summed E-state index contributed by atoms with van der Waals surface area (Å²) in [4.78, 5) is 50.8. The van der Waals surface area contributed by atoms with E-state index < -0.39 is 35.3 Å². The molecule has 4 amide bonds.